The minimum absolute atomic E-state index is 0.0557. The maximum atomic E-state index is 13.5. The third-order valence-electron chi connectivity index (χ3n) is 4.79. The SMILES string of the molecule is Cn1ccnc1C(=O)C[C@@H]1CCCc2c1[nH]c1ccc(F)cc21. The molecule has 1 aromatic carbocycles. The monoisotopic (exact) mass is 311 g/mol. The van der Waals surface area contributed by atoms with E-state index in [1.807, 2.05) is 7.05 Å². The van der Waals surface area contributed by atoms with Crippen molar-refractivity contribution in [3.8, 4) is 0 Å². The summed E-state index contributed by atoms with van der Waals surface area (Å²) in [7, 11) is 1.83. The molecule has 1 atom stereocenters. The summed E-state index contributed by atoms with van der Waals surface area (Å²) in [4.78, 5) is 20.1. The number of nitrogens with zero attached hydrogens (tertiary/aromatic N) is 2. The largest absolute Gasteiger partial charge is 0.358 e. The van der Waals surface area contributed by atoms with Gasteiger partial charge in [-0.15, -0.1) is 0 Å². The van der Waals surface area contributed by atoms with E-state index in [1.54, 1.807) is 29.1 Å². The molecule has 0 radical (unpaired) electrons. The minimum atomic E-state index is -0.217. The average Bonchev–Trinajstić information content (AvgIpc) is 3.11. The van der Waals surface area contributed by atoms with E-state index < -0.39 is 0 Å². The van der Waals surface area contributed by atoms with Crippen LogP contribution in [0, 0.1) is 5.82 Å². The molecule has 0 aliphatic heterocycles. The van der Waals surface area contributed by atoms with Crippen molar-refractivity contribution in [2.24, 2.45) is 7.05 Å². The van der Waals surface area contributed by atoms with Crippen LogP contribution in [-0.4, -0.2) is 20.3 Å². The van der Waals surface area contributed by atoms with E-state index in [9.17, 15) is 9.18 Å². The van der Waals surface area contributed by atoms with Crippen LogP contribution in [0.15, 0.2) is 30.6 Å². The zero-order valence-electron chi connectivity index (χ0n) is 13.0. The lowest BCUT2D eigenvalue weighted by atomic mass is 9.84. The summed E-state index contributed by atoms with van der Waals surface area (Å²) < 4.78 is 15.3. The summed E-state index contributed by atoms with van der Waals surface area (Å²) in [6.07, 6.45) is 6.79. The van der Waals surface area contributed by atoms with Crippen molar-refractivity contribution in [3.05, 3.63) is 53.5 Å². The summed E-state index contributed by atoms with van der Waals surface area (Å²) >= 11 is 0. The van der Waals surface area contributed by atoms with Gasteiger partial charge in [0.15, 0.2) is 11.6 Å². The molecule has 4 nitrogen and oxygen atoms in total. The first kappa shape index (κ1) is 14.2. The van der Waals surface area contributed by atoms with Crippen LogP contribution in [-0.2, 0) is 13.5 Å². The second kappa shape index (κ2) is 5.33. The lowest BCUT2D eigenvalue weighted by molar-refractivity contribution is 0.0957. The lowest BCUT2D eigenvalue weighted by Crippen LogP contribution is -2.16. The molecule has 4 rings (SSSR count). The fourth-order valence-electron chi connectivity index (χ4n) is 3.68. The molecule has 23 heavy (non-hydrogen) atoms. The molecule has 0 spiro atoms. The summed E-state index contributed by atoms with van der Waals surface area (Å²) in [5, 5.41) is 0.953. The van der Waals surface area contributed by atoms with Crippen molar-refractivity contribution in [3.63, 3.8) is 0 Å². The van der Waals surface area contributed by atoms with Crippen molar-refractivity contribution in [1.82, 2.24) is 14.5 Å². The quantitative estimate of drug-likeness (QED) is 0.749. The number of aryl methyl sites for hydroxylation is 2. The van der Waals surface area contributed by atoms with Crippen molar-refractivity contribution in [2.75, 3.05) is 0 Å². The fourth-order valence-corrected chi connectivity index (χ4v) is 3.68. The van der Waals surface area contributed by atoms with Gasteiger partial charge in [0, 0.05) is 48.4 Å². The average molecular weight is 311 g/mol. The van der Waals surface area contributed by atoms with Gasteiger partial charge < -0.3 is 9.55 Å². The number of aromatic amines is 1. The Labute approximate surface area is 133 Å². The van der Waals surface area contributed by atoms with Gasteiger partial charge in [0.25, 0.3) is 0 Å². The molecule has 1 N–H and O–H groups in total. The smallest absolute Gasteiger partial charge is 0.198 e. The van der Waals surface area contributed by atoms with E-state index >= 15 is 0 Å². The number of hydrogen-bond donors (Lipinski definition) is 1. The number of nitrogens with one attached hydrogen (secondary N) is 1. The van der Waals surface area contributed by atoms with Crippen LogP contribution in [0.3, 0.4) is 0 Å². The van der Waals surface area contributed by atoms with E-state index in [-0.39, 0.29) is 17.5 Å². The van der Waals surface area contributed by atoms with E-state index in [4.69, 9.17) is 0 Å². The van der Waals surface area contributed by atoms with Gasteiger partial charge in [0.2, 0.25) is 0 Å². The predicted molar refractivity (Wildman–Crippen MR) is 86.1 cm³/mol. The van der Waals surface area contributed by atoms with Gasteiger partial charge in [-0.05, 0) is 43.0 Å². The van der Waals surface area contributed by atoms with Crippen LogP contribution >= 0.6 is 0 Å². The first-order valence-corrected chi connectivity index (χ1v) is 7.94. The van der Waals surface area contributed by atoms with Crippen LogP contribution < -0.4 is 0 Å². The summed E-state index contributed by atoms with van der Waals surface area (Å²) in [6.45, 7) is 0. The Morgan fingerprint density at radius 1 is 1.48 bits per heavy atom. The maximum absolute atomic E-state index is 13.5. The Morgan fingerprint density at radius 3 is 3.13 bits per heavy atom. The number of imidazole rings is 1. The van der Waals surface area contributed by atoms with Crippen molar-refractivity contribution >= 4 is 16.7 Å². The Bertz CT molecular complexity index is 893. The molecule has 0 fully saturated rings. The first-order valence-electron chi connectivity index (χ1n) is 7.94. The molecule has 3 aromatic rings. The van der Waals surface area contributed by atoms with Gasteiger partial charge in [0.05, 0.1) is 0 Å². The maximum Gasteiger partial charge on any atom is 0.198 e. The van der Waals surface area contributed by atoms with Crippen LogP contribution in [0.1, 0.15) is 47.1 Å². The highest BCUT2D eigenvalue weighted by Gasteiger charge is 2.27. The molecule has 0 saturated heterocycles. The van der Waals surface area contributed by atoms with Crippen molar-refractivity contribution in [1.29, 1.82) is 0 Å². The molecule has 1 aliphatic rings. The van der Waals surface area contributed by atoms with Crippen molar-refractivity contribution < 1.29 is 9.18 Å². The molecule has 0 bridgehead atoms. The summed E-state index contributed by atoms with van der Waals surface area (Å²) in [5.74, 6) is 0.489. The molecule has 0 saturated carbocycles. The molecule has 0 unspecified atom stereocenters. The first-order chi connectivity index (χ1) is 11.1. The van der Waals surface area contributed by atoms with E-state index in [0.29, 0.717) is 12.2 Å². The zero-order chi connectivity index (χ0) is 16.0. The number of halogens is 1. The third-order valence-corrected chi connectivity index (χ3v) is 4.79. The number of H-pyrrole nitrogens is 1. The Balaban J connectivity index is 1.69. The van der Waals surface area contributed by atoms with Gasteiger partial charge >= 0.3 is 0 Å². The van der Waals surface area contributed by atoms with Gasteiger partial charge in [-0.1, -0.05) is 0 Å². The second-order valence-electron chi connectivity index (χ2n) is 6.29. The molecule has 118 valence electrons. The van der Waals surface area contributed by atoms with Gasteiger partial charge in [0.1, 0.15) is 5.82 Å². The number of rotatable bonds is 3. The van der Waals surface area contributed by atoms with E-state index in [1.165, 1.54) is 11.6 Å². The standard InChI is InChI=1S/C18H18FN3O/c1-22-8-7-20-18(22)16(23)9-11-3-2-4-13-14-10-12(19)5-6-15(14)21-17(11)13/h5-8,10-11,21H,2-4,9H2,1H3/t11-/m0/s1. The molecule has 0 amide bonds. The number of carbonyl (C=O) groups is 1. The topological polar surface area (TPSA) is 50.7 Å². The third kappa shape index (κ3) is 2.36. The summed E-state index contributed by atoms with van der Waals surface area (Å²) in [5.41, 5.74) is 3.22. The molecule has 2 aromatic heterocycles. The molecular weight excluding hydrogens is 293 g/mol. The second-order valence-corrected chi connectivity index (χ2v) is 6.29. The van der Waals surface area contributed by atoms with Gasteiger partial charge in [-0.25, -0.2) is 9.37 Å². The molecule has 2 heterocycles. The van der Waals surface area contributed by atoms with Gasteiger partial charge in [-0.3, -0.25) is 4.79 Å². The highest BCUT2D eigenvalue weighted by atomic mass is 19.1. The van der Waals surface area contributed by atoms with Crippen LogP contribution in [0.4, 0.5) is 4.39 Å². The van der Waals surface area contributed by atoms with E-state index in [0.717, 1.165) is 35.9 Å². The molecular formula is C18H18FN3O. The Kier molecular flexibility index (Phi) is 3.29. The van der Waals surface area contributed by atoms with Crippen molar-refractivity contribution in [2.45, 2.75) is 31.6 Å². The minimum Gasteiger partial charge on any atom is -0.358 e. The highest BCUT2D eigenvalue weighted by Crippen LogP contribution is 2.38. The lowest BCUT2D eigenvalue weighted by Gasteiger charge is -2.22. The van der Waals surface area contributed by atoms with Crippen LogP contribution in [0.2, 0.25) is 0 Å². The number of aromatic nitrogens is 3. The zero-order valence-corrected chi connectivity index (χ0v) is 13.0. The molecule has 5 heteroatoms. The van der Waals surface area contributed by atoms with Crippen LogP contribution in [0.25, 0.3) is 10.9 Å². The van der Waals surface area contributed by atoms with Crippen LogP contribution in [0.5, 0.6) is 0 Å². The summed E-state index contributed by atoms with van der Waals surface area (Å²) in [6, 6.07) is 4.84. The predicted octanol–water partition coefficient (Wildman–Crippen LogP) is 3.73. The highest BCUT2D eigenvalue weighted by molar-refractivity contribution is 5.93. The number of carbonyl (C=O) groups excluding carboxylic acids is 1. The number of benzene rings is 1. The number of Topliss-reactive ketones (excluding diaryl/α,β-unsaturated/α-hetero) is 1. The fraction of sp³-hybridized carbons (Fsp3) is 0.333. The van der Waals surface area contributed by atoms with Gasteiger partial charge in [-0.2, -0.15) is 0 Å². The normalized spacial score (nSPS) is 17.4. The Morgan fingerprint density at radius 2 is 2.35 bits per heavy atom. The number of ketones is 1. The number of fused-ring (bicyclic) bond motifs is 3. The van der Waals surface area contributed by atoms with E-state index in [2.05, 4.69) is 9.97 Å². The molecule has 1 aliphatic carbocycles. The Hall–Kier alpha value is -2.43. The number of hydrogen-bond acceptors (Lipinski definition) is 2.